The van der Waals surface area contributed by atoms with Crippen LogP contribution in [0.5, 0.6) is 0 Å². The third-order valence-corrected chi connectivity index (χ3v) is 3.09. The van der Waals surface area contributed by atoms with E-state index >= 15 is 0 Å². The minimum Gasteiger partial charge on any atom is -0.395 e. The molecular formula is C11H11ClN6O. The van der Waals surface area contributed by atoms with Crippen LogP contribution in [0.3, 0.4) is 0 Å². The van der Waals surface area contributed by atoms with Gasteiger partial charge in [-0.25, -0.2) is 9.97 Å². The molecule has 0 radical (unpaired) electrons. The molecule has 0 aliphatic heterocycles. The Kier molecular flexibility index (Phi) is 2.83. The fourth-order valence-corrected chi connectivity index (χ4v) is 1.91. The van der Waals surface area contributed by atoms with Crippen molar-refractivity contribution in [2.75, 3.05) is 11.1 Å². The highest BCUT2D eigenvalue weighted by atomic mass is 35.5. The lowest BCUT2D eigenvalue weighted by atomic mass is 10.2. The first-order valence-electron chi connectivity index (χ1n) is 5.79. The SMILES string of the molecule is Nc1c(C(=O)Nc2nccc(Cl)n2)n[nH]c1C1CC1. The molecular weight excluding hydrogens is 268 g/mol. The van der Waals surface area contributed by atoms with Crippen LogP contribution in [-0.4, -0.2) is 26.1 Å². The highest BCUT2D eigenvalue weighted by molar-refractivity contribution is 6.29. The van der Waals surface area contributed by atoms with Gasteiger partial charge in [-0.3, -0.25) is 15.2 Å². The number of nitrogen functional groups attached to an aromatic ring is 1. The summed E-state index contributed by atoms with van der Waals surface area (Å²) in [5.74, 6) is 0.0623. The van der Waals surface area contributed by atoms with Gasteiger partial charge in [0.05, 0.1) is 11.4 Å². The van der Waals surface area contributed by atoms with E-state index in [1.165, 1.54) is 12.3 Å². The topological polar surface area (TPSA) is 110 Å². The molecule has 1 amide bonds. The van der Waals surface area contributed by atoms with Gasteiger partial charge >= 0.3 is 0 Å². The average Bonchev–Trinajstić information content (AvgIpc) is 3.13. The van der Waals surface area contributed by atoms with Crippen LogP contribution >= 0.6 is 11.6 Å². The zero-order valence-electron chi connectivity index (χ0n) is 9.85. The van der Waals surface area contributed by atoms with Crippen LogP contribution in [0, 0.1) is 0 Å². The summed E-state index contributed by atoms with van der Waals surface area (Å²) < 4.78 is 0. The highest BCUT2D eigenvalue weighted by Gasteiger charge is 2.30. The fourth-order valence-electron chi connectivity index (χ4n) is 1.78. The zero-order chi connectivity index (χ0) is 13.4. The van der Waals surface area contributed by atoms with E-state index in [9.17, 15) is 4.79 Å². The molecule has 8 heteroatoms. The molecule has 1 fully saturated rings. The van der Waals surface area contributed by atoms with Gasteiger partial charge in [-0.05, 0) is 18.9 Å². The van der Waals surface area contributed by atoms with Crippen molar-refractivity contribution < 1.29 is 4.79 Å². The predicted molar refractivity (Wildman–Crippen MR) is 70.0 cm³/mol. The van der Waals surface area contributed by atoms with E-state index in [1.54, 1.807) is 0 Å². The first kappa shape index (κ1) is 11.9. The zero-order valence-corrected chi connectivity index (χ0v) is 10.6. The fraction of sp³-hybridized carbons (Fsp3) is 0.273. The van der Waals surface area contributed by atoms with Crippen LogP contribution in [0.2, 0.25) is 5.15 Å². The number of hydrogen-bond donors (Lipinski definition) is 3. The van der Waals surface area contributed by atoms with Crippen LogP contribution < -0.4 is 11.1 Å². The number of amides is 1. The number of carbonyl (C=O) groups excluding carboxylic acids is 1. The van der Waals surface area contributed by atoms with Crippen LogP contribution in [0.15, 0.2) is 12.3 Å². The van der Waals surface area contributed by atoms with Crippen LogP contribution in [0.1, 0.15) is 34.9 Å². The smallest absolute Gasteiger partial charge is 0.280 e. The van der Waals surface area contributed by atoms with E-state index in [1.807, 2.05) is 0 Å². The molecule has 0 saturated heterocycles. The van der Waals surface area contributed by atoms with Crippen LogP contribution in [0.25, 0.3) is 0 Å². The summed E-state index contributed by atoms with van der Waals surface area (Å²) in [5.41, 5.74) is 7.29. The molecule has 0 bridgehead atoms. The molecule has 19 heavy (non-hydrogen) atoms. The van der Waals surface area contributed by atoms with Gasteiger partial charge in [-0.2, -0.15) is 5.10 Å². The van der Waals surface area contributed by atoms with E-state index in [-0.39, 0.29) is 16.8 Å². The third-order valence-electron chi connectivity index (χ3n) is 2.88. The van der Waals surface area contributed by atoms with Crippen molar-refractivity contribution in [2.45, 2.75) is 18.8 Å². The largest absolute Gasteiger partial charge is 0.395 e. The molecule has 7 nitrogen and oxygen atoms in total. The second-order valence-electron chi connectivity index (χ2n) is 4.33. The Morgan fingerprint density at radius 1 is 1.53 bits per heavy atom. The first-order valence-corrected chi connectivity index (χ1v) is 6.16. The molecule has 3 rings (SSSR count). The highest BCUT2D eigenvalue weighted by Crippen LogP contribution is 2.42. The Balaban J connectivity index is 1.80. The summed E-state index contributed by atoms with van der Waals surface area (Å²) in [7, 11) is 0. The second kappa shape index (κ2) is 4.51. The molecule has 1 aliphatic rings. The van der Waals surface area contributed by atoms with Crippen molar-refractivity contribution in [3.63, 3.8) is 0 Å². The van der Waals surface area contributed by atoms with Crippen LogP contribution in [0.4, 0.5) is 11.6 Å². The molecule has 98 valence electrons. The summed E-state index contributed by atoms with van der Waals surface area (Å²) in [6, 6.07) is 1.52. The minimum absolute atomic E-state index is 0.118. The monoisotopic (exact) mass is 278 g/mol. The molecule has 0 aromatic carbocycles. The summed E-state index contributed by atoms with van der Waals surface area (Å²) in [6.45, 7) is 0. The van der Waals surface area contributed by atoms with Gasteiger partial charge in [0.25, 0.3) is 5.91 Å². The molecule has 1 saturated carbocycles. The normalized spacial score (nSPS) is 14.4. The summed E-state index contributed by atoms with van der Waals surface area (Å²) in [6.07, 6.45) is 3.60. The maximum absolute atomic E-state index is 12.0. The van der Waals surface area contributed by atoms with Crippen LogP contribution in [-0.2, 0) is 0 Å². The Bertz CT molecular complexity index is 636. The Morgan fingerprint density at radius 2 is 2.32 bits per heavy atom. The van der Waals surface area contributed by atoms with Crippen molar-refractivity contribution in [1.82, 2.24) is 20.2 Å². The third kappa shape index (κ3) is 2.37. The number of nitrogens with two attached hydrogens (primary N) is 1. The first-order chi connectivity index (χ1) is 9.15. The molecule has 4 N–H and O–H groups in total. The van der Waals surface area contributed by atoms with Gasteiger partial charge in [0.1, 0.15) is 5.15 Å². The van der Waals surface area contributed by atoms with E-state index in [2.05, 4.69) is 25.5 Å². The second-order valence-corrected chi connectivity index (χ2v) is 4.72. The average molecular weight is 279 g/mol. The molecule has 0 spiro atoms. The molecule has 2 aromatic rings. The van der Waals surface area contributed by atoms with Gasteiger partial charge < -0.3 is 5.73 Å². The Morgan fingerprint density at radius 3 is 3.00 bits per heavy atom. The Labute approximate surface area is 113 Å². The van der Waals surface area contributed by atoms with Gasteiger partial charge in [-0.1, -0.05) is 11.6 Å². The number of carbonyl (C=O) groups is 1. The number of anilines is 2. The van der Waals surface area contributed by atoms with Gasteiger partial charge in [-0.15, -0.1) is 0 Å². The van der Waals surface area contributed by atoms with Gasteiger partial charge in [0.2, 0.25) is 5.95 Å². The maximum Gasteiger partial charge on any atom is 0.280 e. The predicted octanol–water partition coefficient (Wildman–Crippen LogP) is 1.56. The quantitative estimate of drug-likeness (QED) is 0.738. The van der Waals surface area contributed by atoms with Gasteiger partial charge in [0.15, 0.2) is 5.69 Å². The standard InChI is InChI=1S/C11H11ClN6O/c12-6-3-4-14-11(15-6)16-10(19)9-7(13)8(17-18-9)5-1-2-5/h3-5H,1-2,13H2,(H,17,18)(H,14,15,16,19). The van der Waals surface area contributed by atoms with E-state index in [4.69, 9.17) is 17.3 Å². The van der Waals surface area contributed by atoms with Crippen molar-refractivity contribution in [2.24, 2.45) is 0 Å². The lowest BCUT2D eigenvalue weighted by Gasteiger charge is -2.02. The summed E-state index contributed by atoms with van der Waals surface area (Å²) in [5, 5.41) is 9.51. The number of rotatable bonds is 3. The maximum atomic E-state index is 12.0. The minimum atomic E-state index is -0.456. The summed E-state index contributed by atoms with van der Waals surface area (Å²) in [4.78, 5) is 19.8. The van der Waals surface area contributed by atoms with Crippen molar-refractivity contribution in [1.29, 1.82) is 0 Å². The number of nitrogens with zero attached hydrogens (tertiary/aromatic N) is 3. The Hall–Kier alpha value is -2.15. The van der Waals surface area contributed by atoms with Crippen molar-refractivity contribution in [3.8, 4) is 0 Å². The number of nitrogens with one attached hydrogen (secondary N) is 2. The van der Waals surface area contributed by atoms with Gasteiger partial charge in [0, 0.05) is 12.1 Å². The lowest BCUT2D eigenvalue weighted by Crippen LogP contribution is -2.16. The number of hydrogen-bond acceptors (Lipinski definition) is 5. The molecule has 2 heterocycles. The van der Waals surface area contributed by atoms with Crippen molar-refractivity contribution >= 4 is 29.1 Å². The molecule has 0 atom stereocenters. The molecule has 1 aliphatic carbocycles. The number of aromatic nitrogens is 4. The number of aromatic amines is 1. The van der Waals surface area contributed by atoms with Crippen molar-refractivity contribution in [3.05, 3.63) is 28.8 Å². The number of halogens is 1. The van der Waals surface area contributed by atoms with E-state index in [0.717, 1.165) is 18.5 Å². The van der Waals surface area contributed by atoms with E-state index in [0.29, 0.717) is 11.6 Å². The number of H-pyrrole nitrogens is 1. The molecule has 2 aromatic heterocycles. The lowest BCUT2D eigenvalue weighted by molar-refractivity contribution is 0.102. The summed E-state index contributed by atoms with van der Waals surface area (Å²) >= 11 is 5.71. The molecule has 0 unspecified atom stereocenters. The van der Waals surface area contributed by atoms with E-state index < -0.39 is 5.91 Å².